The van der Waals surface area contributed by atoms with E-state index in [1.165, 1.54) is 11.3 Å². The van der Waals surface area contributed by atoms with Crippen molar-refractivity contribution >= 4 is 17.4 Å². The van der Waals surface area contributed by atoms with Crippen LogP contribution < -0.4 is 10.1 Å². The molecule has 2 heterocycles. The Kier molecular flexibility index (Phi) is 4.58. The lowest BCUT2D eigenvalue weighted by Crippen LogP contribution is -2.28. The Balaban J connectivity index is 1.47. The van der Waals surface area contributed by atoms with Crippen LogP contribution >= 0.6 is 11.3 Å². The van der Waals surface area contributed by atoms with Gasteiger partial charge in [-0.2, -0.15) is 0 Å². The number of phenolic OH excluding ortho intramolecular Hbond substituents is 1. The molecule has 3 rings (SSSR count). The van der Waals surface area contributed by atoms with Gasteiger partial charge in [0.2, 0.25) is 0 Å². The zero-order chi connectivity index (χ0) is 16.1. The lowest BCUT2D eigenvalue weighted by molar-refractivity contribution is 0.196. The third-order valence-electron chi connectivity index (χ3n) is 3.07. The van der Waals surface area contributed by atoms with E-state index in [0.717, 1.165) is 10.4 Å². The zero-order valence-electron chi connectivity index (χ0n) is 12.1. The normalized spacial score (nSPS) is 10.4. The smallest absolute Gasteiger partial charge is 0.414 e. The van der Waals surface area contributed by atoms with Crippen LogP contribution in [-0.2, 0) is 6.42 Å². The van der Waals surface area contributed by atoms with E-state index in [1.54, 1.807) is 30.3 Å². The topological polar surface area (TPSA) is 84.6 Å². The number of hydrogen-bond acceptors (Lipinski definition) is 6. The van der Waals surface area contributed by atoms with Gasteiger partial charge in [-0.25, -0.2) is 4.79 Å². The molecule has 118 valence electrons. The second kappa shape index (κ2) is 6.97. The van der Waals surface area contributed by atoms with Crippen LogP contribution in [0, 0.1) is 0 Å². The maximum atomic E-state index is 11.7. The van der Waals surface area contributed by atoms with Crippen molar-refractivity contribution in [3.05, 3.63) is 53.4 Å². The Morgan fingerprint density at radius 1 is 1.30 bits per heavy atom. The fourth-order valence-corrected chi connectivity index (χ4v) is 2.62. The van der Waals surface area contributed by atoms with Crippen LogP contribution in [-0.4, -0.2) is 22.9 Å². The van der Waals surface area contributed by atoms with Crippen LogP contribution in [0.1, 0.15) is 5.56 Å². The largest absolute Gasteiger partial charge is 0.508 e. The minimum absolute atomic E-state index is 0.121. The quantitative estimate of drug-likeness (QED) is 0.748. The molecule has 0 aliphatic carbocycles. The molecule has 1 amide bonds. The second-order valence-electron chi connectivity index (χ2n) is 4.74. The van der Waals surface area contributed by atoms with Crippen molar-refractivity contribution in [1.29, 1.82) is 0 Å². The van der Waals surface area contributed by atoms with Crippen molar-refractivity contribution < 1.29 is 19.2 Å². The van der Waals surface area contributed by atoms with Crippen LogP contribution in [0.3, 0.4) is 0 Å². The molecule has 2 aromatic heterocycles. The van der Waals surface area contributed by atoms with Gasteiger partial charge >= 0.3 is 6.09 Å². The van der Waals surface area contributed by atoms with Crippen molar-refractivity contribution in [3.63, 3.8) is 0 Å². The van der Waals surface area contributed by atoms with Gasteiger partial charge in [0.25, 0.3) is 5.88 Å². The van der Waals surface area contributed by atoms with Crippen molar-refractivity contribution in [2.45, 2.75) is 6.42 Å². The first-order valence-corrected chi connectivity index (χ1v) is 7.83. The first-order valence-electron chi connectivity index (χ1n) is 6.95. The minimum Gasteiger partial charge on any atom is -0.508 e. The van der Waals surface area contributed by atoms with Gasteiger partial charge in [-0.1, -0.05) is 18.2 Å². The molecule has 0 radical (unpaired) electrons. The number of aromatic nitrogens is 1. The van der Waals surface area contributed by atoms with E-state index in [9.17, 15) is 9.90 Å². The molecule has 1 aromatic carbocycles. The van der Waals surface area contributed by atoms with E-state index in [0.29, 0.717) is 18.7 Å². The van der Waals surface area contributed by atoms with E-state index >= 15 is 0 Å². The molecular formula is C16H14N2O4S. The predicted octanol–water partition coefficient (Wildman–Crippen LogP) is 3.44. The summed E-state index contributed by atoms with van der Waals surface area (Å²) >= 11 is 1.51. The average molecular weight is 330 g/mol. The Hall–Kier alpha value is -2.80. The van der Waals surface area contributed by atoms with Crippen LogP contribution in [0.4, 0.5) is 4.79 Å². The third-order valence-corrected chi connectivity index (χ3v) is 3.95. The molecule has 2 N–H and O–H groups in total. The molecule has 0 aliphatic heterocycles. The van der Waals surface area contributed by atoms with E-state index < -0.39 is 6.09 Å². The lowest BCUT2D eigenvalue weighted by atomic mass is 10.1. The number of hydrogen-bond donors (Lipinski definition) is 2. The molecule has 0 spiro atoms. The highest BCUT2D eigenvalue weighted by Gasteiger charge is 2.11. The molecule has 3 aromatic rings. The third kappa shape index (κ3) is 4.10. The molecule has 0 bridgehead atoms. The number of rotatable bonds is 5. The first kappa shape index (κ1) is 15.1. The number of ether oxygens (including phenoxy) is 1. The fourth-order valence-electron chi connectivity index (χ4n) is 1.94. The molecule has 6 nitrogen and oxygen atoms in total. The number of benzene rings is 1. The molecule has 7 heteroatoms. The van der Waals surface area contributed by atoms with E-state index in [4.69, 9.17) is 9.26 Å². The van der Waals surface area contributed by atoms with E-state index in [1.807, 2.05) is 17.5 Å². The number of aromatic hydroxyl groups is 1. The summed E-state index contributed by atoms with van der Waals surface area (Å²) in [5.41, 5.74) is 1.00. The molecular weight excluding hydrogens is 316 g/mol. The average Bonchev–Trinajstić information content (AvgIpc) is 3.20. The molecule has 0 atom stereocenters. The monoisotopic (exact) mass is 330 g/mol. The molecule has 0 saturated carbocycles. The Bertz CT molecular complexity index is 766. The van der Waals surface area contributed by atoms with Crippen molar-refractivity contribution in [2.24, 2.45) is 0 Å². The Morgan fingerprint density at radius 3 is 2.87 bits per heavy atom. The van der Waals surface area contributed by atoms with Crippen LogP contribution in [0.25, 0.3) is 10.6 Å². The highest BCUT2D eigenvalue weighted by molar-refractivity contribution is 7.13. The molecule has 0 unspecified atom stereocenters. The summed E-state index contributed by atoms with van der Waals surface area (Å²) in [6.07, 6.45) is 0.0454. The molecule has 0 aliphatic rings. The molecule has 0 saturated heterocycles. The Labute approximate surface area is 136 Å². The predicted molar refractivity (Wildman–Crippen MR) is 85.7 cm³/mol. The summed E-state index contributed by atoms with van der Waals surface area (Å²) in [4.78, 5) is 12.6. The highest BCUT2D eigenvalue weighted by Crippen LogP contribution is 2.27. The summed E-state index contributed by atoms with van der Waals surface area (Å²) < 4.78 is 10.2. The number of amides is 1. The fraction of sp³-hybridized carbons (Fsp3) is 0.125. The van der Waals surface area contributed by atoms with Gasteiger partial charge in [0, 0.05) is 6.54 Å². The number of phenols is 1. The van der Waals surface area contributed by atoms with Gasteiger partial charge in [-0.15, -0.1) is 11.3 Å². The second-order valence-corrected chi connectivity index (χ2v) is 5.69. The van der Waals surface area contributed by atoms with Crippen molar-refractivity contribution in [3.8, 4) is 22.3 Å². The van der Waals surface area contributed by atoms with Gasteiger partial charge in [0.1, 0.15) is 5.75 Å². The SMILES string of the molecule is O=C(NCCc1ccc(O)cc1)Oc1cc(-c2cccs2)on1. The van der Waals surface area contributed by atoms with Crippen LogP contribution in [0.15, 0.2) is 52.4 Å². The first-order chi connectivity index (χ1) is 11.2. The standard InChI is InChI=1S/C16H14N2O4S/c19-12-5-3-11(4-6-12)7-8-17-16(20)21-15-10-13(22-18-15)14-2-1-9-23-14/h1-6,9-10,19H,7-8H2,(H,17,20). The van der Waals surface area contributed by atoms with Crippen LogP contribution in [0.5, 0.6) is 11.6 Å². The highest BCUT2D eigenvalue weighted by atomic mass is 32.1. The lowest BCUT2D eigenvalue weighted by Gasteiger charge is -2.04. The molecule has 23 heavy (non-hydrogen) atoms. The number of carbonyl (C=O) groups excluding carboxylic acids is 1. The maximum absolute atomic E-state index is 11.7. The molecule has 0 fully saturated rings. The zero-order valence-corrected chi connectivity index (χ0v) is 12.9. The van der Waals surface area contributed by atoms with Gasteiger partial charge < -0.3 is 19.7 Å². The van der Waals surface area contributed by atoms with E-state index in [2.05, 4.69) is 10.5 Å². The van der Waals surface area contributed by atoms with Gasteiger partial charge in [-0.05, 0) is 40.7 Å². The number of thiophene rings is 1. The summed E-state index contributed by atoms with van der Waals surface area (Å²) in [5.74, 6) is 0.899. The van der Waals surface area contributed by atoms with Gasteiger partial charge in [-0.3, -0.25) is 0 Å². The number of carbonyl (C=O) groups is 1. The summed E-state index contributed by atoms with van der Waals surface area (Å²) in [5, 5.41) is 17.5. The van der Waals surface area contributed by atoms with Crippen LogP contribution in [0.2, 0.25) is 0 Å². The van der Waals surface area contributed by atoms with Crippen molar-refractivity contribution in [1.82, 2.24) is 10.5 Å². The maximum Gasteiger partial charge on any atom is 0.414 e. The van der Waals surface area contributed by atoms with Gasteiger partial charge in [0.15, 0.2) is 5.76 Å². The number of nitrogens with zero attached hydrogens (tertiary/aromatic N) is 1. The summed E-state index contributed by atoms with van der Waals surface area (Å²) in [6, 6.07) is 12.2. The van der Waals surface area contributed by atoms with Gasteiger partial charge in [0.05, 0.1) is 10.9 Å². The summed E-state index contributed by atoms with van der Waals surface area (Å²) in [7, 11) is 0. The Morgan fingerprint density at radius 2 is 2.13 bits per heavy atom. The van der Waals surface area contributed by atoms with Crippen molar-refractivity contribution in [2.75, 3.05) is 6.54 Å². The number of nitrogens with one attached hydrogen (secondary N) is 1. The minimum atomic E-state index is -0.588. The summed E-state index contributed by atoms with van der Waals surface area (Å²) in [6.45, 7) is 0.416. The van der Waals surface area contributed by atoms with E-state index in [-0.39, 0.29) is 11.6 Å².